The molecule has 0 saturated heterocycles. The van der Waals surface area contributed by atoms with Crippen LogP contribution < -0.4 is 15.4 Å². The fourth-order valence-electron chi connectivity index (χ4n) is 2.31. The molecule has 2 N–H and O–H groups in total. The molecule has 0 atom stereocenters. The number of nitrogens with zero attached hydrogens (tertiary/aromatic N) is 2. The Morgan fingerprint density at radius 3 is 2.81 bits per heavy atom. The number of furan rings is 1. The maximum Gasteiger partial charge on any atom is 0.270 e. The van der Waals surface area contributed by atoms with E-state index in [0.29, 0.717) is 28.2 Å². The molecule has 0 saturated carbocycles. The van der Waals surface area contributed by atoms with Gasteiger partial charge in [0.05, 0.1) is 24.9 Å². The Hall–Kier alpha value is -3.06. The lowest BCUT2D eigenvalue weighted by molar-refractivity contribution is 0.0942. The average Bonchev–Trinajstić information content (AvgIpc) is 3.13. The Balaban J connectivity index is 1.74. The zero-order valence-corrected chi connectivity index (χ0v) is 15.0. The van der Waals surface area contributed by atoms with Gasteiger partial charge in [0, 0.05) is 11.8 Å². The fraction of sp³-hybridized carbons (Fsp3) is 0.167. The summed E-state index contributed by atoms with van der Waals surface area (Å²) in [7, 11) is 1.55. The molecule has 0 radical (unpaired) electrons. The van der Waals surface area contributed by atoms with Gasteiger partial charge in [-0.05, 0) is 37.3 Å². The Bertz CT molecular complexity index is 913. The predicted molar refractivity (Wildman–Crippen MR) is 97.9 cm³/mol. The number of hydrogen-bond acceptors (Lipinski definition) is 6. The van der Waals surface area contributed by atoms with Gasteiger partial charge in [-0.25, -0.2) is 9.97 Å². The molecule has 26 heavy (non-hydrogen) atoms. The molecule has 0 unspecified atom stereocenters. The zero-order chi connectivity index (χ0) is 18.5. The maximum absolute atomic E-state index is 12.3. The van der Waals surface area contributed by atoms with Crippen LogP contribution in [0.5, 0.6) is 5.75 Å². The van der Waals surface area contributed by atoms with Gasteiger partial charge in [0.2, 0.25) is 0 Å². The second-order valence-electron chi connectivity index (χ2n) is 5.42. The van der Waals surface area contributed by atoms with E-state index in [1.54, 1.807) is 56.7 Å². The Kier molecular flexibility index (Phi) is 5.38. The van der Waals surface area contributed by atoms with E-state index in [4.69, 9.17) is 20.8 Å². The van der Waals surface area contributed by atoms with Crippen molar-refractivity contribution in [2.75, 3.05) is 12.4 Å². The topological polar surface area (TPSA) is 89.3 Å². The molecule has 1 amide bonds. The summed E-state index contributed by atoms with van der Waals surface area (Å²) in [5, 5.41) is 6.34. The molecule has 0 aliphatic rings. The second kappa shape index (κ2) is 7.88. The lowest BCUT2D eigenvalue weighted by atomic mass is 10.3. The Morgan fingerprint density at radius 2 is 2.12 bits per heavy atom. The van der Waals surface area contributed by atoms with E-state index in [1.165, 1.54) is 0 Å². The van der Waals surface area contributed by atoms with Crippen molar-refractivity contribution in [2.45, 2.75) is 13.5 Å². The number of nitrogens with one attached hydrogen (secondary N) is 2. The summed E-state index contributed by atoms with van der Waals surface area (Å²) < 4.78 is 10.3. The van der Waals surface area contributed by atoms with Crippen molar-refractivity contribution in [1.29, 1.82) is 0 Å². The standard InChI is InChI=1S/C18H17ClN4O3/c1-11-21-15(18(24)20-10-13-4-3-7-26-13)9-17(22-11)23-12-5-6-16(25-2)14(19)8-12/h3-9H,10H2,1-2H3,(H,20,24)(H,21,22,23). The summed E-state index contributed by atoms with van der Waals surface area (Å²) in [5.41, 5.74) is 0.974. The van der Waals surface area contributed by atoms with E-state index < -0.39 is 0 Å². The van der Waals surface area contributed by atoms with E-state index in [2.05, 4.69) is 20.6 Å². The summed E-state index contributed by atoms with van der Waals surface area (Å²) in [5.74, 6) is 1.88. The van der Waals surface area contributed by atoms with Crippen molar-refractivity contribution in [3.63, 3.8) is 0 Å². The summed E-state index contributed by atoms with van der Waals surface area (Å²) >= 11 is 6.13. The number of rotatable bonds is 6. The molecule has 7 nitrogen and oxygen atoms in total. The van der Waals surface area contributed by atoms with Crippen LogP contribution in [0.2, 0.25) is 5.02 Å². The molecule has 0 aliphatic heterocycles. The van der Waals surface area contributed by atoms with Crippen LogP contribution in [0.1, 0.15) is 22.1 Å². The number of aryl methyl sites for hydroxylation is 1. The summed E-state index contributed by atoms with van der Waals surface area (Å²) in [6.45, 7) is 2.00. The zero-order valence-electron chi connectivity index (χ0n) is 14.2. The highest BCUT2D eigenvalue weighted by Gasteiger charge is 2.12. The lowest BCUT2D eigenvalue weighted by Crippen LogP contribution is -2.24. The quantitative estimate of drug-likeness (QED) is 0.685. The number of benzene rings is 1. The van der Waals surface area contributed by atoms with Crippen molar-refractivity contribution >= 4 is 29.0 Å². The van der Waals surface area contributed by atoms with Crippen LogP contribution in [0, 0.1) is 6.92 Å². The molecule has 3 rings (SSSR count). The van der Waals surface area contributed by atoms with Gasteiger partial charge in [-0.2, -0.15) is 0 Å². The van der Waals surface area contributed by atoms with E-state index >= 15 is 0 Å². The monoisotopic (exact) mass is 372 g/mol. The van der Waals surface area contributed by atoms with Gasteiger partial charge in [-0.1, -0.05) is 11.6 Å². The number of ether oxygens (including phenoxy) is 1. The molecule has 0 bridgehead atoms. The van der Waals surface area contributed by atoms with Crippen LogP contribution in [0.25, 0.3) is 0 Å². The number of halogens is 1. The predicted octanol–water partition coefficient (Wildman–Crippen LogP) is 3.71. The summed E-state index contributed by atoms with van der Waals surface area (Å²) in [6.07, 6.45) is 1.55. The van der Waals surface area contributed by atoms with Crippen LogP contribution in [0.3, 0.4) is 0 Å². The molecular weight excluding hydrogens is 356 g/mol. The van der Waals surface area contributed by atoms with Crippen LogP contribution in [0.15, 0.2) is 47.1 Å². The minimum Gasteiger partial charge on any atom is -0.495 e. The molecule has 1 aromatic carbocycles. The minimum absolute atomic E-state index is 0.256. The second-order valence-corrected chi connectivity index (χ2v) is 5.83. The highest BCUT2D eigenvalue weighted by atomic mass is 35.5. The molecule has 134 valence electrons. The van der Waals surface area contributed by atoms with Crippen molar-refractivity contribution in [2.24, 2.45) is 0 Å². The van der Waals surface area contributed by atoms with Gasteiger partial charge in [-0.15, -0.1) is 0 Å². The van der Waals surface area contributed by atoms with E-state index in [0.717, 1.165) is 5.69 Å². The van der Waals surface area contributed by atoms with Gasteiger partial charge >= 0.3 is 0 Å². The van der Waals surface area contributed by atoms with Gasteiger partial charge in [0.25, 0.3) is 5.91 Å². The third kappa shape index (κ3) is 4.31. The highest BCUT2D eigenvalue weighted by Crippen LogP contribution is 2.28. The molecular formula is C18H17ClN4O3. The number of aromatic nitrogens is 2. The highest BCUT2D eigenvalue weighted by molar-refractivity contribution is 6.32. The Labute approximate surface area is 155 Å². The number of hydrogen-bond donors (Lipinski definition) is 2. The van der Waals surface area contributed by atoms with E-state index in [-0.39, 0.29) is 18.1 Å². The molecule has 0 fully saturated rings. The number of anilines is 2. The average molecular weight is 373 g/mol. The molecule has 0 aliphatic carbocycles. The molecule has 0 spiro atoms. The smallest absolute Gasteiger partial charge is 0.270 e. The van der Waals surface area contributed by atoms with Crippen molar-refractivity contribution in [1.82, 2.24) is 15.3 Å². The lowest BCUT2D eigenvalue weighted by Gasteiger charge is -2.10. The van der Waals surface area contributed by atoms with Crippen molar-refractivity contribution < 1.29 is 13.9 Å². The maximum atomic E-state index is 12.3. The largest absolute Gasteiger partial charge is 0.495 e. The first-order chi connectivity index (χ1) is 12.5. The van der Waals surface area contributed by atoms with E-state index in [1.807, 2.05) is 0 Å². The number of amides is 1. The fourth-order valence-corrected chi connectivity index (χ4v) is 2.57. The minimum atomic E-state index is -0.317. The van der Waals surface area contributed by atoms with E-state index in [9.17, 15) is 4.79 Å². The van der Waals surface area contributed by atoms with Gasteiger partial charge in [0.1, 0.15) is 28.8 Å². The molecule has 2 heterocycles. The van der Waals surface area contributed by atoms with Crippen LogP contribution in [-0.4, -0.2) is 23.0 Å². The summed E-state index contributed by atoms with van der Waals surface area (Å²) in [4.78, 5) is 20.8. The van der Waals surface area contributed by atoms with Gasteiger partial charge < -0.3 is 19.8 Å². The number of methoxy groups -OCH3 is 1. The first kappa shape index (κ1) is 17.8. The number of carbonyl (C=O) groups excluding carboxylic acids is 1. The first-order valence-electron chi connectivity index (χ1n) is 7.82. The Morgan fingerprint density at radius 1 is 1.27 bits per heavy atom. The third-order valence-corrected chi connectivity index (χ3v) is 3.79. The normalized spacial score (nSPS) is 10.4. The number of carbonyl (C=O) groups is 1. The molecule has 8 heteroatoms. The third-order valence-electron chi connectivity index (χ3n) is 3.50. The van der Waals surface area contributed by atoms with Crippen LogP contribution in [-0.2, 0) is 6.54 Å². The van der Waals surface area contributed by atoms with Crippen molar-refractivity contribution in [3.05, 3.63) is 65.0 Å². The van der Waals surface area contributed by atoms with Crippen LogP contribution >= 0.6 is 11.6 Å². The van der Waals surface area contributed by atoms with Crippen molar-refractivity contribution in [3.8, 4) is 5.75 Å². The molecule has 2 aromatic heterocycles. The first-order valence-corrected chi connectivity index (χ1v) is 8.20. The summed E-state index contributed by atoms with van der Waals surface area (Å²) in [6, 6.07) is 10.4. The van der Waals surface area contributed by atoms with Crippen LogP contribution in [0.4, 0.5) is 11.5 Å². The SMILES string of the molecule is COc1ccc(Nc2cc(C(=O)NCc3ccco3)nc(C)n2)cc1Cl. The molecule has 3 aromatic rings. The van der Waals surface area contributed by atoms with Gasteiger partial charge in [0.15, 0.2) is 0 Å². The van der Waals surface area contributed by atoms with Gasteiger partial charge in [-0.3, -0.25) is 4.79 Å².